The third-order valence-corrected chi connectivity index (χ3v) is 7.37. The monoisotopic (exact) mass is 488 g/mol. The number of rotatable bonds is 8. The molecule has 0 radical (unpaired) electrons. The summed E-state index contributed by atoms with van der Waals surface area (Å²) in [5, 5.41) is 13.7. The predicted octanol–water partition coefficient (Wildman–Crippen LogP) is 5.30. The van der Waals surface area contributed by atoms with Crippen LogP contribution in [0.3, 0.4) is 0 Å². The van der Waals surface area contributed by atoms with Gasteiger partial charge in [-0.2, -0.15) is 0 Å². The second-order valence-electron chi connectivity index (χ2n) is 9.92. The molecule has 0 unspecified atom stereocenters. The van der Waals surface area contributed by atoms with Crippen LogP contribution in [-0.2, 0) is 13.1 Å². The Balaban J connectivity index is 1.49. The largest absolute Gasteiger partial charge is 0.322 e. The van der Waals surface area contributed by atoms with Crippen molar-refractivity contribution in [3.8, 4) is 0 Å². The van der Waals surface area contributed by atoms with E-state index in [0.29, 0.717) is 19.1 Å². The van der Waals surface area contributed by atoms with Crippen LogP contribution >= 0.6 is 0 Å². The molecule has 4 aromatic rings. The number of fused-ring (bicyclic) bond motifs is 1. The third kappa shape index (κ3) is 5.23. The van der Waals surface area contributed by atoms with Crippen LogP contribution < -0.4 is 5.56 Å². The summed E-state index contributed by atoms with van der Waals surface area (Å²) < 4.78 is 15.2. The summed E-state index contributed by atoms with van der Waals surface area (Å²) in [5.41, 5.74) is 3.63. The molecule has 36 heavy (non-hydrogen) atoms. The number of aromatic nitrogens is 5. The topological polar surface area (TPSA) is 79.7 Å². The summed E-state index contributed by atoms with van der Waals surface area (Å²) >= 11 is 0. The van der Waals surface area contributed by atoms with Gasteiger partial charge in [-0.3, -0.25) is 9.69 Å². The fraction of sp³-hybridized carbons (Fsp3) is 0.429. The van der Waals surface area contributed by atoms with Crippen molar-refractivity contribution in [2.24, 2.45) is 0 Å². The number of tetrazole rings is 1. The van der Waals surface area contributed by atoms with Gasteiger partial charge in [-0.05, 0) is 77.4 Å². The van der Waals surface area contributed by atoms with Crippen molar-refractivity contribution in [3.63, 3.8) is 0 Å². The Labute approximate surface area is 210 Å². The van der Waals surface area contributed by atoms with Crippen molar-refractivity contribution in [3.05, 3.63) is 87.2 Å². The van der Waals surface area contributed by atoms with Gasteiger partial charge in [-0.15, -0.1) is 5.10 Å². The fourth-order valence-electron chi connectivity index (χ4n) is 5.47. The Bertz CT molecular complexity index is 1370. The van der Waals surface area contributed by atoms with E-state index < -0.39 is 0 Å². The third-order valence-electron chi connectivity index (χ3n) is 7.37. The molecular weight excluding hydrogens is 455 g/mol. The summed E-state index contributed by atoms with van der Waals surface area (Å²) in [6.07, 6.45) is 6.63. The van der Waals surface area contributed by atoms with Crippen LogP contribution in [-0.4, -0.2) is 36.1 Å². The maximum Gasteiger partial charge on any atom is 0.252 e. The molecule has 188 valence electrons. The number of nitrogens with one attached hydrogen (secondary N) is 1. The van der Waals surface area contributed by atoms with Gasteiger partial charge in [0, 0.05) is 23.7 Å². The number of hydrogen-bond acceptors (Lipinski definition) is 5. The van der Waals surface area contributed by atoms with Gasteiger partial charge >= 0.3 is 0 Å². The van der Waals surface area contributed by atoms with Gasteiger partial charge in [0.05, 0.1) is 12.6 Å². The highest BCUT2D eigenvalue weighted by atomic mass is 19.1. The number of aryl methyl sites for hydroxylation is 1. The smallest absolute Gasteiger partial charge is 0.252 e. The van der Waals surface area contributed by atoms with E-state index in [1.165, 1.54) is 31.4 Å². The van der Waals surface area contributed by atoms with Gasteiger partial charge in [0.25, 0.3) is 5.56 Å². The van der Waals surface area contributed by atoms with Crippen molar-refractivity contribution in [1.82, 2.24) is 30.1 Å². The number of aromatic amines is 1. The summed E-state index contributed by atoms with van der Waals surface area (Å²) in [7, 11) is 0. The van der Waals surface area contributed by atoms with E-state index in [9.17, 15) is 9.18 Å². The van der Waals surface area contributed by atoms with E-state index >= 15 is 0 Å². The number of halogens is 1. The molecule has 0 spiro atoms. The predicted molar refractivity (Wildman–Crippen MR) is 138 cm³/mol. The lowest BCUT2D eigenvalue weighted by Crippen LogP contribution is -2.41. The highest BCUT2D eigenvalue weighted by Gasteiger charge is 2.32. The second-order valence-corrected chi connectivity index (χ2v) is 9.92. The average Bonchev–Trinajstić information content (AvgIpc) is 3.34. The van der Waals surface area contributed by atoms with Gasteiger partial charge in [0.2, 0.25) is 0 Å². The minimum absolute atomic E-state index is 0.0448. The minimum Gasteiger partial charge on any atom is -0.322 e. The first kappa shape index (κ1) is 24.3. The van der Waals surface area contributed by atoms with Crippen LogP contribution in [0.4, 0.5) is 4.39 Å². The molecule has 0 bridgehead atoms. The lowest BCUT2D eigenvalue weighted by molar-refractivity contribution is 0.0844. The fourth-order valence-corrected chi connectivity index (χ4v) is 5.47. The molecule has 1 aliphatic carbocycles. The normalized spacial score (nSPS) is 15.6. The first-order valence-electron chi connectivity index (χ1n) is 12.9. The molecule has 1 N–H and O–H groups in total. The summed E-state index contributed by atoms with van der Waals surface area (Å²) in [5.74, 6) is 0.515. The molecule has 1 fully saturated rings. The average molecular weight is 489 g/mol. The van der Waals surface area contributed by atoms with E-state index in [2.05, 4.69) is 44.5 Å². The standard InChI is InChI=1S/C28H33FN6O/c1-3-26(27-31-32-33-35(27)17-20-10-13-23(29)14-11-20)34(24-7-5-4-6-8-24)18-22-16-21-12-9-19(2)15-25(21)30-28(22)36/h9-16,24,26H,3-8,17-18H2,1-2H3,(H,30,36)/t26-/m0/s1. The first-order chi connectivity index (χ1) is 17.5. The summed E-state index contributed by atoms with van der Waals surface area (Å²) in [4.78, 5) is 18.7. The Morgan fingerprint density at radius 3 is 2.64 bits per heavy atom. The molecule has 0 aliphatic heterocycles. The van der Waals surface area contributed by atoms with Crippen molar-refractivity contribution >= 4 is 10.9 Å². The Morgan fingerprint density at radius 2 is 1.89 bits per heavy atom. The number of hydrogen-bond donors (Lipinski definition) is 1. The molecular formula is C28H33FN6O. The molecule has 1 saturated carbocycles. The van der Waals surface area contributed by atoms with Crippen LogP contribution in [0.1, 0.15) is 74.0 Å². The Hall–Kier alpha value is -3.39. The molecule has 1 atom stereocenters. The molecule has 2 aromatic carbocycles. The van der Waals surface area contributed by atoms with Gasteiger partial charge < -0.3 is 4.98 Å². The van der Waals surface area contributed by atoms with Crippen LogP contribution in [0, 0.1) is 12.7 Å². The lowest BCUT2D eigenvalue weighted by Gasteiger charge is -2.39. The van der Waals surface area contributed by atoms with Crippen molar-refractivity contribution < 1.29 is 4.39 Å². The quantitative estimate of drug-likeness (QED) is 0.364. The van der Waals surface area contributed by atoms with E-state index in [1.807, 2.05) is 23.7 Å². The summed E-state index contributed by atoms with van der Waals surface area (Å²) in [6, 6.07) is 14.9. The van der Waals surface area contributed by atoms with Crippen LogP contribution in [0.25, 0.3) is 10.9 Å². The highest BCUT2D eigenvalue weighted by molar-refractivity contribution is 5.79. The Kier molecular flexibility index (Phi) is 7.23. The van der Waals surface area contributed by atoms with Gasteiger partial charge in [0.15, 0.2) is 5.82 Å². The zero-order valence-electron chi connectivity index (χ0n) is 21.0. The molecule has 0 saturated heterocycles. The van der Waals surface area contributed by atoms with E-state index in [4.69, 9.17) is 0 Å². The summed E-state index contributed by atoms with van der Waals surface area (Å²) in [6.45, 7) is 5.17. The molecule has 1 aliphatic rings. The SMILES string of the molecule is CC[C@@H](c1nnnn1Cc1ccc(F)cc1)N(Cc1cc2ccc(C)cc2[nH]c1=O)C1CCCCC1. The van der Waals surface area contributed by atoms with Gasteiger partial charge in [-0.25, -0.2) is 9.07 Å². The number of H-pyrrole nitrogens is 1. The van der Waals surface area contributed by atoms with Crippen molar-refractivity contribution in [1.29, 1.82) is 0 Å². The number of nitrogens with zero attached hydrogens (tertiary/aromatic N) is 5. The van der Waals surface area contributed by atoms with Gasteiger partial charge in [0.1, 0.15) is 5.82 Å². The maximum atomic E-state index is 13.4. The molecule has 7 nitrogen and oxygen atoms in total. The van der Waals surface area contributed by atoms with E-state index in [-0.39, 0.29) is 17.4 Å². The molecule has 8 heteroatoms. The zero-order chi connectivity index (χ0) is 25.1. The second kappa shape index (κ2) is 10.7. The molecule has 5 rings (SSSR count). The number of benzene rings is 2. The maximum absolute atomic E-state index is 13.4. The van der Waals surface area contributed by atoms with Crippen molar-refractivity contribution in [2.45, 2.75) is 77.5 Å². The van der Waals surface area contributed by atoms with E-state index in [1.54, 1.807) is 12.1 Å². The number of pyridine rings is 1. The van der Waals surface area contributed by atoms with Crippen LogP contribution in [0.15, 0.2) is 53.3 Å². The highest BCUT2D eigenvalue weighted by Crippen LogP contribution is 2.33. The molecule has 2 heterocycles. The molecule has 2 aromatic heterocycles. The molecule has 0 amide bonds. The first-order valence-corrected chi connectivity index (χ1v) is 12.9. The zero-order valence-corrected chi connectivity index (χ0v) is 21.0. The minimum atomic E-state index is -0.263. The van der Waals surface area contributed by atoms with Gasteiger partial charge in [-0.1, -0.05) is 50.5 Å². The van der Waals surface area contributed by atoms with E-state index in [0.717, 1.165) is 52.7 Å². The van der Waals surface area contributed by atoms with Crippen LogP contribution in [0.5, 0.6) is 0 Å². The van der Waals surface area contributed by atoms with Crippen molar-refractivity contribution in [2.75, 3.05) is 0 Å². The Morgan fingerprint density at radius 1 is 1.11 bits per heavy atom. The van der Waals surface area contributed by atoms with Crippen LogP contribution in [0.2, 0.25) is 0 Å². The lowest BCUT2D eigenvalue weighted by atomic mass is 9.92.